The maximum Gasteiger partial charge on any atom is 0.146 e. The van der Waals surface area contributed by atoms with E-state index in [4.69, 9.17) is 16.3 Å². The van der Waals surface area contributed by atoms with Gasteiger partial charge in [0.15, 0.2) is 0 Å². The third-order valence-corrected chi connectivity index (χ3v) is 3.05. The predicted octanol–water partition coefficient (Wildman–Crippen LogP) is 4.14. The monoisotopic (exact) mass is 279 g/mol. The van der Waals surface area contributed by atoms with Crippen molar-refractivity contribution in [3.63, 3.8) is 0 Å². The van der Waals surface area contributed by atoms with Crippen LogP contribution in [0.25, 0.3) is 0 Å². The van der Waals surface area contributed by atoms with Crippen molar-refractivity contribution in [2.45, 2.75) is 6.42 Å². The van der Waals surface area contributed by atoms with E-state index in [0.717, 1.165) is 17.7 Å². The molecule has 2 nitrogen and oxygen atoms in total. The molecule has 0 atom stereocenters. The van der Waals surface area contributed by atoms with Crippen LogP contribution in [0.3, 0.4) is 0 Å². The first kappa shape index (κ1) is 13.7. The fourth-order valence-electron chi connectivity index (χ4n) is 1.77. The summed E-state index contributed by atoms with van der Waals surface area (Å²) in [7, 11) is 1.64. The second-order valence-corrected chi connectivity index (χ2v) is 4.59. The lowest BCUT2D eigenvalue weighted by Gasteiger charge is -2.08. The number of benzene rings is 2. The Kier molecular flexibility index (Phi) is 4.63. The van der Waals surface area contributed by atoms with Crippen molar-refractivity contribution < 1.29 is 9.13 Å². The highest BCUT2D eigenvalue weighted by Crippen LogP contribution is 2.19. The van der Waals surface area contributed by atoms with Crippen LogP contribution < -0.4 is 10.1 Å². The molecule has 0 aromatic heterocycles. The zero-order valence-electron chi connectivity index (χ0n) is 10.6. The maximum atomic E-state index is 13.5. The molecule has 2 aromatic carbocycles. The minimum Gasteiger partial charge on any atom is -0.497 e. The molecule has 4 heteroatoms. The lowest BCUT2D eigenvalue weighted by molar-refractivity contribution is 0.414. The Balaban J connectivity index is 1.90. The van der Waals surface area contributed by atoms with Crippen molar-refractivity contribution in [1.29, 1.82) is 0 Å². The zero-order chi connectivity index (χ0) is 13.7. The normalized spacial score (nSPS) is 10.3. The number of rotatable bonds is 5. The molecule has 0 unspecified atom stereocenters. The fourth-order valence-corrected chi connectivity index (χ4v) is 1.94. The molecule has 19 heavy (non-hydrogen) atoms. The number of methoxy groups -OCH3 is 1. The van der Waals surface area contributed by atoms with E-state index in [0.29, 0.717) is 17.3 Å². The van der Waals surface area contributed by atoms with E-state index in [1.165, 1.54) is 12.1 Å². The van der Waals surface area contributed by atoms with Crippen LogP contribution in [0.4, 0.5) is 10.1 Å². The summed E-state index contributed by atoms with van der Waals surface area (Å²) in [6.07, 6.45) is 0.802. The van der Waals surface area contributed by atoms with Gasteiger partial charge in [0.25, 0.3) is 0 Å². The number of hydrogen-bond donors (Lipinski definition) is 1. The molecule has 0 heterocycles. The SMILES string of the molecule is COc1ccc(CCNc2cc(Cl)ccc2F)cc1. The molecule has 0 spiro atoms. The van der Waals surface area contributed by atoms with Crippen LogP contribution in [-0.2, 0) is 6.42 Å². The molecule has 100 valence electrons. The van der Waals surface area contributed by atoms with Crippen LogP contribution in [0.5, 0.6) is 5.75 Å². The summed E-state index contributed by atoms with van der Waals surface area (Å²) in [5.41, 5.74) is 1.59. The average molecular weight is 280 g/mol. The van der Waals surface area contributed by atoms with Gasteiger partial charge in [0.05, 0.1) is 12.8 Å². The van der Waals surface area contributed by atoms with Crippen LogP contribution in [-0.4, -0.2) is 13.7 Å². The molecule has 0 aliphatic rings. The molecule has 1 N–H and O–H groups in total. The van der Waals surface area contributed by atoms with E-state index in [-0.39, 0.29) is 5.82 Å². The largest absolute Gasteiger partial charge is 0.497 e. The van der Waals surface area contributed by atoms with E-state index >= 15 is 0 Å². The second-order valence-electron chi connectivity index (χ2n) is 4.15. The first-order valence-corrected chi connectivity index (χ1v) is 6.38. The molecule has 0 aliphatic heterocycles. The third kappa shape index (κ3) is 3.86. The molecule has 0 fully saturated rings. The van der Waals surface area contributed by atoms with Crippen molar-refractivity contribution in [3.8, 4) is 5.75 Å². The van der Waals surface area contributed by atoms with Gasteiger partial charge >= 0.3 is 0 Å². The minimum atomic E-state index is -0.292. The van der Waals surface area contributed by atoms with Gasteiger partial charge in [0.2, 0.25) is 0 Å². The Hall–Kier alpha value is -1.74. The zero-order valence-corrected chi connectivity index (χ0v) is 11.4. The van der Waals surface area contributed by atoms with Crippen molar-refractivity contribution >= 4 is 17.3 Å². The Morgan fingerprint density at radius 3 is 2.58 bits per heavy atom. The van der Waals surface area contributed by atoms with Crippen molar-refractivity contribution in [2.75, 3.05) is 19.0 Å². The van der Waals surface area contributed by atoms with Gasteiger partial charge in [-0.1, -0.05) is 23.7 Å². The highest BCUT2D eigenvalue weighted by Gasteiger charge is 2.02. The highest BCUT2D eigenvalue weighted by atomic mass is 35.5. The van der Waals surface area contributed by atoms with Crippen LogP contribution >= 0.6 is 11.6 Å². The van der Waals surface area contributed by atoms with Crippen LogP contribution in [0, 0.1) is 5.82 Å². The number of nitrogens with one attached hydrogen (secondary N) is 1. The molecule has 0 aliphatic carbocycles. The molecule has 0 saturated heterocycles. The van der Waals surface area contributed by atoms with Gasteiger partial charge in [-0.2, -0.15) is 0 Å². The lowest BCUT2D eigenvalue weighted by Crippen LogP contribution is -2.06. The lowest BCUT2D eigenvalue weighted by atomic mass is 10.1. The summed E-state index contributed by atoms with van der Waals surface area (Å²) in [6, 6.07) is 12.3. The van der Waals surface area contributed by atoms with Gasteiger partial charge in [-0.15, -0.1) is 0 Å². The number of anilines is 1. The molecule has 2 aromatic rings. The van der Waals surface area contributed by atoms with Gasteiger partial charge in [-0.05, 0) is 42.3 Å². The number of halogens is 2. The quantitative estimate of drug-likeness (QED) is 0.888. The van der Waals surface area contributed by atoms with Crippen molar-refractivity contribution in [1.82, 2.24) is 0 Å². The van der Waals surface area contributed by atoms with E-state index in [9.17, 15) is 4.39 Å². The summed E-state index contributed by atoms with van der Waals surface area (Å²) in [4.78, 5) is 0. The van der Waals surface area contributed by atoms with Crippen LogP contribution in [0.2, 0.25) is 5.02 Å². The second kappa shape index (κ2) is 6.43. The summed E-state index contributed by atoms with van der Waals surface area (Å²) in [6.45, 7) is 0.642. The standard InChI is InChI=1S/C15H15ClFNO/c1-19-13-5-2-11(3-6-13)8-9-18-15-10-12(16)4-7-14(15)17/h2-7,10,18H,8-9H2,1H3. The Bertz CT molecular complexity index is 542. The van der Waals surface area contributed by atoms with Gasteiger partial charge in [-0.25, -0.2) is 4.39 Å². The van der Waals surface area contributed by atoms with Gasteiger partial charge in [0.1, 0.15) is 11.6 Å². The number of hydrogen-bond acceptors (Lipinski definition) is 2. The maximum absolute atomic E-state index is 13.5. The van der Waals surface area contributed by atoms with Crippen LogP contribution in [0.15, 0.2) is 42.5 Å². The highest BCUT2D eigenvalue weighted by molar-refractivity contribution is 6.30. The Morgan fingerprint density at radius 2 is 1.89 bits per heavy atom. The Labute approximate surface area is 117 Å². The average Bonchev–Trinajstić information content (AvgIpc) is 2.43. The summed E-state index contributed by atoms with van der Waals surface area (Å²) >= 11 is 5.83. The first-order chi connectivity index (χ1) is 9.19. The van der Waals surface area contributed by atoms with Gasteiger partial charge < -0.3 is 10.1 Å². The van der Waals surface area contributed by atoms with E-state index in [1.54, 1.807) is 13.2 Å². The van der Waals surface area contributed by atoms with E-state index in [1.807, 2.05) is 24.3 Å². The molecule has 0 amide bonds. The fraction of sp³-hybridized carbons (Fsp3) is 0.200. The molecule has 0 bridgehead atoms. The van der Waals surface area contributed by atoms with Gasteiger partial charge in [0, 0.05) is 11.6 Å². The first-order valence-electron chi connectivity index (χ1n) is 6.01. The van der Waals surface area contributed by atoms with E-state index < -0.39 is 0 Å². The summed E-state index contributed by atoms with van der Waals surface area (Å²) in [5, 5.41) is 3.56. The van der Waals surface area contributed by atoms with Crippen LogP contribution in [0.1, 0.15) is 5.56 Å². The molecule has 0 saturated carbocycles. The molecule has 0 radical (unpaired) electrons. The molecule has 2 rings (SSSR count). The molecular formula is C15H15ClFNO. The minimum absolute atomic E-state index is 0.292. The van der Waals surface area contributed by atoms with Crippen molar-refractivity contribution in [3.05, 3.63) is 58.9 Å². The smallest absolute Gasteiger partial charge is 0.146 e. The summed E-state index contributed by atoms with van der Waals surface area (Å²) in [5.74, 6) is 0.539. The number of ether oxygens (including phenoxy) is 1. The topological polar surface area (TPSA) is 21.3 Å². The van der Waals surface area contributed by atoms with Crippen molar-refractivity contribution in [2.24, 2.45) is 0 Å². The van der Waals surface area contributed by atoms with Gasteiger partial charge in [-0.3, -0.25) is 0 Å². The predicted molar refractivity (Wildman–Crippen MR) is 76.6 cm³/mol. The summed E-state index contributed by atoms with van der Waals surface area (Å²) < 4.78 is 18.5. The third-order valence-electron chi connectivity index (χ3n) is 2.82. The Morgan fingerprint density at radius 1 is 1.16 bits per heavy atom. The van der Waals surface area contributed by atoms with E-state index in [2.05, 4.69) is 5.32 Å². The molecular weight excluding hydrogens is 265 g/mol.